The van der Waals surface area contributed by atoms with Gasteiger partial charge in [-0.25, -0.2) is 4.79 Å². The molecule has 5 heteroatoms. The molecule has 0 saturated heterocycles. The molecule has 0 bridgehead atoms. The molecule has 0 spiro atoms. The van der Waals surface area contributed by atoms with Gasteiger partial charge >= 0.3 is 5.97 Å². The van der Waals surface area contributed by atoms with Gasteiger partial charge in [-0.15, -0.1) is 0 Å². The summed E-state index contributed by atoms with van der Waals surface area (Å²) in [6.07, 6.45) is 8.35. The predicted molar refractivity (Wildman–Crippen MR) is 156 cm³/mol. The molecule has 39 heavy (non-hydrogen) atoms. The number of aryl methyl sites for hydroxylation is 2. The maximum absolute atomic E-state index is 11.9. The summed E-state index contributed by atoms with van der Waals surface area (Å²) in [5.41, 5.74) is 7.76. The summed E-state index contributed by atoms with van der Waals surface area (Å²) < 4.78 is 11.1. The number of rotatable bonds is 5. The number of aromatic nitrogens is 2. The van der Waals surface area contributed by atoms with Gasteiger partial charge < -0.3 is 19.0 Å². The van der Waals surface area contributed by atoms with E-state index in [1.54, 1.807) is 6.07 Å². The van der Waals surface area contributed by atoms with E-state index in [1.807, 2.05) is 24.3 Å². The van der Waals surface area contributed by atoms with Crippen molar-refractivity contribution in [2.75, 3.05) is 0 Å². The van der Waals surface area contributed by atoms with E-state index in [0.29, 0.717) is 18.1 Å². The molecule has 1 aliphatic heterocycles. The summed E-state index contributed by atoms with van der Waals surface area (Å²) in [5, 5.41) is 12.2. The number of carboxylic acid groups (broad SMARTS) is 1. The van der Waals surface area contributed by atoms with Crippen LogP contribution in [0.1, 0.15) is 72.3 Å². The van der Waals surface area contributed by atoms with E-state index in [9.17, 15) is 9.90 Å². The Hall–Kier alpha value is -3.99. The fraction of sp³-hybridized carbons (Fsp3) is 0.324. The van der Waals surface area contributed by atoms with Gasteiger partial charge in [0, 0.05) is 35.4 Å². The maximum Gasteiger partial charge on any atom is 0.335 e. The van der Waals surface area contributed by atoms with Crippen LogP contribution >= 0.6 is 0 Å². The number of carboxylic acids is 1. The van der Waals surface area contributed by atoms with Gasteiger partial charge in [0.2, 0.25) is 0 Å². The zero-order chi connectivity index (χ0) is 26.3. The lowest BCUT2D eigenvalue weighted by atomic mass is 9.82. The van der Waals surface area contributed by atoms with Gasteiger partial charge in [0.05, 0.1) is 22.5 Å². The van der Waals surface area contributed by atoms with Crippen molar-refractivity contribution < 1.29 is 14.6 Å². The average molecular weight is 519 g/mol. The van der Waals surface area contributed by atoms with Crippen LogP contribution in [0.5, 0.6) is 5.75 Å². The molecule has 5 nitrogen and oxygen atoms in total. The molecule has 1 aliphatic carbocycles. The van der Waals surface area contributed by atoms with Gasteiger partial charge in [-0.05, 0) is 73.1 Å². The summed E-state index contributed by atoms with van der Waals surface area (Å²) in [6.45, 7) is 2.42. The van der Waals surface area contributed by atoms with Crippen LogP contribution in [0, 0.1) is 0 Å². The lowest BCUT2D eigenvalue weighted by Gasteiger charge is -2.25. The second-order valence-electron chi connectivity index (χ2n) is 11.2. The Bertz CT molecular complexity index is 1670. The molecular weight excluding hydrogens is 484 g/mol. The number of carbonyl (C=O) groups is 1. The standard InChI is InChI=1S/C34H34N2O3/c37-34(38)26-14-16-28-30(20-26)36-18-8-7-17-35-29-21-27(39-22-23-9-3-1-4-10-23)15-13-25(29)19-31(35)33(36)32(28)24-11-5-2-6-12-24/h1,3-4,9-10,13-16,19-21,24H,2,5-8,11-12,17-18,22H2,(H,37,38). The van der Waals surface area contributed by atoms with Crippen LogP contribution in [0.25, 0.3) is 33.2 Å². The highest BCUT2D eigenvalue weighted by Crippen LogP contribution is 2.46. The summed E-state index contributed by atoms with van der Waals surface area (Å²) in [7, 11) is 0. The van der Waals surface area contributed by atoms with E-state index in [-0.39, 0.29) is 0 Å². The van der Waals surface area contributed by atoms with Gasteiger partial charge in [0.1, 0.15) is 12.4 Å². The SMILES string of the molecule is O=C(O)c1ccc2c(C3CCCCC3)c3n(c2c1)CCCCn1c-3cc2ccc(OCc3ccccc3)cc21. The minimum Gasteiger partial charge on any atom is -0.489 e. The third-order valence-corrected chi connectivity index (χ3v) is 8.74. The highest BCUT2D eigenvalue weighted by molar-refractivity contribution is 5.99. The predicted octanol–water partition coefficient (Wildman–Crippen LogP) is 8.38. The molecular formula is C34H34N2O3. The van der Waals surface area contributed by atoms with Gasteiger partial charge in [0.15, 0.2) is 0 Å². The Balaban J connectivity index is 1.40. The number of benzene rings is 3. The molecule has 1 N–H and O–H groups in total. The van der Waals surface area contributed by atoms with Crippen molar-refractivity contribution in [3.8, 4) is 17.1 Å². The number of aromatic carboxylic acids is 1. The van der Waals surface area contributed by atoms with Gasteiger partial charge in [-0.3, -0.25) is 0 Å². The largest absolute Gasteiger partial charge is 0.489 e. The first kappa shape index (κ1) is 24.1. The molecule has 3 heterocycles. The molecule has 2 aliphatic rings. The summed E-state index contributed by atoms with van der Waals surface area (Å²) in [5.74, 6) is 0.520. The lowest BCUT2D eigenvalue weighted by Crippen LogP contribution is -2.13. The Morgan fingerprint density at radius 3 is 2.41 bits per heavy atom. The highest BCUT2D eigenvalue weighted by Gasteiger charge is 2.29. The molecule has 0 atom stereocenters. The number of hydrogen-bond acceptors (Lipinski definition) is 2. The number of hydrogen-bond donors (Lipinski definition) is 1. The molecule has 0 radical (unpaired) electrons. The van der Waals surface area contributed by atoms with Gasteiger partial charge in [0.25, 0.3) is 0 Å². The minimum absolute atomic E-state index is 0.362. The van der Waals surface area contributed by atoms with Crippen molar-refractivity contribution in [2.45, 2.75) is 70.6 Å². The van der Waals surface area contributed by atoms with Crippen LogP contribution in [0.2, 0.25) is 0 Å². The van der Waals surface area contributed by atoms with Crippen molar-refractivity contribution in [3.63, 3.8) is 0 Å². The van der Waals surface area contributed by atoms with Crippen molar-refractivity contribution >= 4 is 27.8 Å². The normalized spacial score (nSPS) is 16.0. The van der Waals surface area contributed by atoms with Crippen molar-refractivity contribution in [1.29, 1.82) is 0 Å². The van der Waals surface area contributed by atoms with E-state index in [2.05, 4.69) is 51.6 Å². The quantitative estimate of drug-likeness (QED) is 0.254. The molecule has 0 amide bonds. The Labute approximate surface area is 228 Å². The first-order valence-electron chi connectivity index (χ1n) is 14.4. The zero-order valence-corrected chi connectivity index (χ0v) is 22.2. The van der Waals surface area contributed by atoms with Crippen LogP contribution in [0.4, 0.5) is 0 Å². The van der Waals surface area contributed by atoms with Crippen molar-refractivity contribution in [3.05, 3.63) is 89.5 Å². The van der Waals surface area contributed by atoms with Crippen LogP contribution in [-0.2, 0) is 19.7 Å². The fourth-order valence-electron chi connectivity index (χ4n) is 6.86. The van der Waals surface area contributed by atoms with E-state index in [0.717, 1.165) is 42.8 Å². The average Bonchev–Trinajstić information content (AvgIpc) is 3.47. The second-order valence-corrected chi connectivity index (χ2v) is 11.2. The molecule has 1 saturated carbocycles. The van der Waals surface area contributed by atoms with Gasteiger partial charge in [-0.2, -0.15) is 0 Å². The molecule has 0 unspecified atom stereocenters. The number of nitrogens with zero attached hydrogens (tertiary/aromatic N) is 2. The van der Waals surface area contributed by atoms with E-state index >= 15 is 0 Å². The fourth-order valence-corrected chi connectivity index (χ4v) is 6.86. The number of ether oxygens (including phenoxy) is 1. The van der Waals surface area contributed by atoms with Crippen LogP contribution < -0.4 is 4.74 Å². The molecule has 5 aromatic rings. The smallest absolute Gasteiger partial charge is 0.335 e. The van der Waals surface area contributed by atoms with Crippen LogP contribution in [0.15, 0.2) is 72.8 Å². The monoisotopic (exact) mass is 518 g/mol. The third kappa shape index (κ3) is 4.30. The molecule has 1 fully saturated rings. The van der Waals surface area contributed by atoms with Gasteiger partial charge in [-0.1, -0.05) is 55.7 Å². The summed E-state index contributed by atoms with van der Waals surface area (Å²) in [6, 6.07) is 24.9. The van der Waals surface area contributed by atoms with Crippen molar-refractivity contribution in [2.24, 2.45) is 0 Å². The molecule has 2 aromatic heterocycles. The van der Waals surface area contributed by atoms with E-state index < -0.39 is 5.97 Å². The first-order chi connectivity index (χ1) is 19.2. The van der Waals surface area contributed by atoms with E-state index in [1.165, 1.54) is 65.3 Å². The van der Waals surface area contributed by atoms with Crippen LogP contribution in [-0.4, -0.2) is 20.2 Å². The maximum atomic E-state index is 11.9. The second kappa shape index (κ2) is 9.96. The molecule has 7 rings (SSSR count). The first-order valence-corrected chi connectivity index (χ1v) is 14.4. The van der Waals surface area contributed by atoms with Crippen LogP contribution in [0.3, 0.4) is 0 Å². The summed E-state index contributed by atoms with van der Waals surface area (Å²) >= 11 is 0. The zero-order valence-electron chi connectivity index (χ0n) is 22.2. The molecule has 198 valence electrons. The minimum atomic E-state index is -0.866. The van der Waals surface area contributed by atoms with E-state index in [4.69, 9.17) is 4.74 Å². The molecule has 3 aromatic carbocycles. The lowest BCUT2D eigenvalue weighted by molar-refractivity contribution is 0.0697. The Kier molecular flexibility index (Phi) is 6.15. The topological polar surface area (TPSA) is 56.4 Å². The highest BCUT2D eigenvalue weighted by atomic mass is 16.5. The third-order valence-electron chi connectivity index (χ3n) is 8.74. The Morgan fingerprint density at radius 1 is 0.821 bits per heavy atom. The number of fused-ring (bicyclic) bond motifs is 7. The summed E-state index contributed by atoms with van der Waals surface area (Å²) in [4.78, 5) is 11.9. The van der Waals surface area contributed by atoms with Crippen molar-refractivity contribution in [1.82, 2.24) is 9.13 Å². The Morgan fingerprint density at radius 2 is 1.62 bits per heavy atom.